The lowest BCUT2D eigenvalue weighted by Gasteiger charge is -2.07. The number of nitrogens with zero attached hydrogens (tertiary/aromatic N) is 4. The van der Waals surface area contributed by atoms with E-state index in [-0.39, 0.29) is 5.82 Å². The fourth-order valence-corrected chi connectivity index (χ4v) is 1.52. The number of hydrogen-bond donors (Lipinski definition) is 0. The Morgan fingerprint density at radius 2 is 2.25 bits per heavy atom. The number of carbonyl (C=O) groups excluding carboxylic acids is 1. The summed E-state index contributed by atoms with van der Waals surface area (Å²) in [6, 6.07) is 9.01. The van der Waals surface area contributed by atoms with Gasteiger partial charge >= 0.3 is 5.97 Å². The molecule has 0 amide bonds. The molecule has 0 saturated carbocycles. The van der Waals surface area contributed by atoms with Gasteiger partial charge in [-0.2, -0.15) is 5.26 Å². The van der Waals surface area contributed by atoms with Crippen molar-refractivity contribution < 1.29 is 14.3 Å². The lowest BCUT2D eigenvalue weighted by atomic mass is 10.2. The van der Waals surface area contributed by atoms with Crippen molar-refractivity contribution in [1.82, 2.24) is 14.8 Å². The number of ether oxygens (including phenoxy) is 2. The third-order valence-corrected chi connectivity index (χ3v) is 2.49. The number of benzene rings is 1. The SMILES string of the molecule is COC(=O)c1ncn(CCOc2ccccc2C#N)n1. The zero-order valence-electron chi connectivity index (χ0n) is 10.8. The maximum Gasteiger partial charge on any atom is 0.377 e. The monoisotopic (exact) mass is 272 g/mol. The van der Waals surface area contributed by atoms with Crippen molar-refractivity contribution in [3.63, 3.8) is 0 Å². The van der Waals surface area contributed by atoms with Crippen LogP contribution in [0.1, 0.15) is 16.2 Å². The molecule has 0 unspecified atom stereocenters. The number of hydrogen-bond acceptors (Lipinski definition) is 6. The first-order valence-corrected chi connectivity index (χ1v) is 5.84. The average Bonchev–Trinajstić information content (AvgIpc) is 2.96. The third-order valence-electron chi connectivity index (χ3n) is 2.49. The van der Waals surface area contributed by atoms with Gasteiger partial charge in [-0.3, -0.25) is 0 Å². The number of nitriles is 1. The molecule has 2 aromatic rings. The highest BCUT2D eigenvalue weighted by Gasteiger charge is 2.11. The third kappa shape index (κ3) is 3.11. The number of rotatable bonds is 5. The molecule has 7 nitrogen and oxygen atoms in total. The Bertz CT molecular complexity index is 645. The van der Waals surface area contributed by atoms with Crippen LogP contribution in [0.5, 0.6) is 5.75 Å². The molecule has 0 N–H and O–H groups in total. The first-order valence-electron chi connectivity index (χ1n) is 5.84. The van der Waals surface area contributed by atoms with Crippen LogP contribution in [0, 0.1) is 11.3 Å². The molecule has 0 spiro atoms. The highest BCUT2D eigenvalue weighted by molar-refractivity contribution is 5.84. The van der Waals surface area contributed by atoms with E-state index in [0.29, 0.717) is 24.5 Å². The summed E-state index contributed by atoms with van der Waals surface area (Å²) in [4.78, 5) is 15.0. The molecule has 0 aliphatic rings. The van der Waals surface area contributed by atoms with Gasteiger partial charge in [-0.1, -0.05) is 12.1 Å². The van der Waals surface area contributed by atoms with Crippen LogP contribution in [-0.2, 0) is 11.3 Å². The van der Waals surface area contributed by atoms with Crippen molar-refractivity contribution in [2.75, 3.05) is 13.7 Å². The summed E-state index contributed by atoms with van der Waals surface area (Å²) < 4.78 is 11.5. The van der Waals surface area contributed by atoms with Gasteiger partial charge in [0.25, 0.3) is 5.82 Å². The Hall–Kier alpha value is -2.88. The zero-order valence-corrected chi connectivity index (χ0v) is 10.8. The summed E-state index contributed by atoms with van der Waals surface area (Å²) in [7, 11) is 1.27. The summed E-state index contributed by atoms with van der Waals surface area (Å²) in [5.74, 6) is -0.0623. The molecule has 1 aromatic heterocycles. The molecule has 0 atom stereocenters. The molecular formula is C13H12N4O3. The van der Waals surface area contributed by atoms with Gasteiger partial charge in [-0.25, -0.2) is 14.5 Å². The summed E-state index contributed by atoms with van der Waals surface area (Å²) in [5, 5.41) is 12.9. The second-order valence-corrected chi connectivity index (χ2v) is 3.78. The van der Waals surface area contributed by atoms with Crippen molar-refractivity contribution in [2.45, 2.75) is 6.54 Å². The van der Waals surface area contributed by atoms with Gasteiger partial charge < -0.3 is 9.47 Å². The lowest BCUT2D eigenvalue weighted by molar-refractivity contribution is 0.0586. The summed E-state index contributed by atoms with van der Waals surface area (Å²) in [6.45, 7) is 0.715. The van der Waals surface area contributed by atoms with Gasteiger partial charge in [0.2, 0.25) is 0 Å². The van der Waals surface area contributed by atoms with Crippen LogP contribution in [-0.4, -0.2) is 34.5 Å². The fraction of sp³-hybridized carbons (Fsp3) is 0.231. The van der Waals surface area contributed by atoms with Crippen molar-refractivity contribution >= 4 is 5.97 Å². The van der Waals surface area contributed by atoms with Crippen molar-refractivity contribution in [1.29, 1.82) is 5.26 Å². The lowest BCUT2D eigenvalue weighted by Crippen LogP contribution is -2.11. The standard InChI is InChI=1S/C13H12N4O3/c1-19-13(18)12-15-9-17(16-12)6-7-20-11-5-3-2-4-10(11)8-14/h2-5,9H,6-7H2,1H3. The van der Waals surface area contributed by atoms with Crippen molar-refractivity contribution in [2.24, 2.45) is 0 Å². The molecule has 2 rings (SSSR count). The predicted molar refractivity (Wildman–Crippen MR) is 68.0 cm³/mol. The Morgan fingerprint density at radius 1 is 1.45 bits per heavy atom. The quantitative estimate of drug-likeness (QED) is 0.755. The van der Waals surface area contributed by atoms with Crippen molar-refractivity contribution in [3.8, 4) is 11.8 Å². The Kier molecular flexibility index (Phi) is 4.29. The highest BCUT2D eigenvalue weighted by Crippen LogP contribution is 2.16. The number of esters is 1. The van der Waals surface area contributed by atoms with Crippen LogP contribution >= 0.6 is 0 Å². The molecule has 0 radical (unpaired) electrons. The van der Waals surface area contributed by atoms with Gasteiger partial charge in [0, 0.05) is 0 Å². The maximum atomic E-state index is 11.2. The molecule has 1 aromatic carbocycles. The molecule has 0 aliphatic heterocycles. The van der Waals surface area contributed by atoms with Gasteiger partial charge in [0.15, 0.2) is 0 Å². The Balaban J connectivity index is 1.92. The maximum absolute atomic E-state index is 11.2. The zero-order chi connectivity index (χ0) is 14.4. The fourth-order valence-electron chi connectivity index (χ4n) is 1.52. The molecule has 0 bridgehead atoms. The largest absolute Gasteiger partial charge is 0.490 e. The number of carbonyl (C=O) groups is 1. The minimum atomic E-state index is -0.584. The normalized spacial score (nSPS) is 9.80. The van der Waals surface area contributed by atoms with E-state index in [1.54, 1.807) is 24.3 Å². The van der Waals surface area contributed by atoms with E-state index in [9.17, 15) is 4.79 Å². The molecule has 102 valence electrons. The average molecular weight is 272 g/mol. The van der Waals surface area contributed by atoms with E-state index >= 15 is 0 Å². The van der Waals surface area contributed by atoms with E-state index < -0.39 is 5.97 Å². The second kappa shape index (κ2) is 6.33. The van der Waals surface area contributed by atoms with E-state index in [0.717, 1.165) is 0 Å². The number of para-hydroxylation sites is 1. The predicted octanol–water partition coefficient (Wildman–Crippen LogP) is 1.02. The molecular weight excluding hydrogens is 260 g/mol. The van der Waals surface area contributed by atoms with Crippen molar-refractivity contribution in [3.05, 3.63) is 42.0 Å². The van der Waals surface area contributed by atoms with Crippen LogP contribution in [0.3, 0.4) is 0 Å². The van der Waals surface area contributed by atoms with Gasteiger partial charge in [-0.15, -0.1) is 5.10 Å². The topological polar surface area (TPSA) is 90.0 Å². The number of methoxy groups -OCH3 is 1. The highest BCUT2D eigenvalue weighted by atomic mass is 16.5. The van der Waals surface area contributed by atoms with Crippen LogP contribution in [0.2, 0.25) is 0 Å². The number of aromatic nitrogens is 3. The molecule has 7 heteroatoms. The van der Waals surface area contributed by atoms with E-state index in [1.165, 1.54) is 18.1 Å². The van der Waals surface area contributed by atoms with Crippen LogP contribution in [0.25, 0.3) is 0 Å². The van der Waals surface area contributed by atoms with Crippen LogP contribution < -0.4 is 4.74 Å². The van der Waals surface area contributed by atoms with Gasteiger partial charge in [-0.05, 0) is 12.1 Å². The second-order valence-electron chi connectivity index (χ2n) is 3.78. The molecule has 0 saturated heterocycles. The Labute approximate surface area is 115 Å². The van der Waals surface area contributed by atoms with Crippen LogP contribution in [0.15, 0.2) is 30.6 Å². The molecule has 0 fully saturated rings. The first kappa shape index (κ1) is 13.5. The summed E-state index contributed by atoms with van der Waals surface area (Å²) >= 11 is 0. The van der Waals surface area contributed by atoms with E-state index in [4.69, 9.17) is 10.00 Å². The summed E-state index contributed by atoms with van der Waals surface area (Å²) in [6.07, 6.45) is 1.42. The van der Waals surface area contributed by atoms with E-state index in [2.05, 4.69) is 14.8 Å². The first-order chi connectivity index (χ1) is 9.74. The smallest absolute Gasteiger partial charge is 0.377 e. The van der Waals surface area contributed by atoms with Gasteiger partial charge in [0.1, 0.15) is 24.8 Å². The Morgan fingerprint density at radius 3 is 3.00 bits per heavy atom. The van der Waals surface area contributed by atoms with Gasteiger partial charge in [0.05, 0.1) is 19.2 Å². The minimum absolute atomic E-state index is 0.00456. The molecule has 1 heterocycles. The van der Waals surface area contributed by atoms with Crippen LogP contribution in [0.4, 0.5) is 0 Å². The minimum Gasteiger partial charge on any atom is -0.490 e. The van der Waals surface area contributed by atoms with E-state index in [1.807, 2.05) is 6.07 Å². The summed E-state index contributed by atoms with van der Waals surface area (Å²) in [5.41, 5.74) is 0.473. The molecule has 0 aliphatic carbocycles. The molecule has 20 heavy (non-hydrogen) atoms.